The maximum Gasteiger partial charge on any atom is 0.332 e. The van der Waals surface area contributed by atoms with Crippen LogP contribution in [0.25, 0.3) is 11.2 Å². The fourth-order valence-corrected chi connectivity index (χ4v) is 2.82. The summed E-state index contributed by atoms with van der Waals surface area (Å²) in [6.07, 6.45) is 1.34. The predicted octanol–water partition coefficient (Wildman–Crippen LogP) is 0.455. The molecule has 3 rings (SSSR count). The van der Waals surface area contributed by atoms with Crippen LogP contribution in [-0.4, -0.2) is 44.5 Å². The number of hydrogen-bond donors (Lipinski definition) is 0. The molecule has 29 heavy (non-hydrogen) atoms. The molecular weight excluding hydrogens is 380 g/mol. The first-order valence-corrected chi connectivity index (χ1v) is 9.04. The molecule has 0 saturated heterocycles. The summed E-state index contributed by atoms with van der Waals surface area (Å²) in [5, 5.41) is 0. The summed E-state index contributed by atoms with van der Waals surface area (Å²) >= 11 is 0. The van der Waals surface area contributed by atoms with Crippen LogP contribution in [0.1, 0.15) is 6.92 Å². The fraction of sp³-hybridized carbons (Fsp3) is 0.368. The van der Waals surface area contributed by atoms with Crippen molar-refractivity contribution < 1.29 is 19.0 Å². The molecule has 0 bridgehead atoms. The largest absolute Gasteiger partial charge is 0.494 e. The molecule has 0 fully saturated rings. The van der Waals surface area contributed by atoms with Gasteiger partial charge in [-0.3, -0.25) is 18.7 Å². The molecule has 0 saturated carbocycles. The maximum absolute atomic E-state index is 12.4. The highest BCUT2D eigenvalue weighted by atomic mass is 16.6. The van der Waals surface area contributed by atoms with E-state index in [-0.39, 0.29) is 30.9 Å². The van der Waals surface area contributed by atoms with Gasteiger partial charge in [-0.2, -0.15) is 0 Å². The monoisotopic (exact) mass is 402 g/mol. The number of benzene rings is 1. The summed E-state index contributed by atoms with van der Waals surface area (Å²) in [7, 11) is 2.88. The normalized spacial score (nSPS) is 10.9. The van der Waals surface area contributed by atoms with Crippen LogP contribution in [0.15, 0.2) is 40.2 Å². The zero-order valence-electron chi connectivity index (χ0n) is 16.5. The van der Waals surface area contributed by atoms with Crippen molar-refractivity contribution in [2.24, 2.45) is 14.1 Å². The van der Waals surface area contributed by atoms with E-state index >= 15 is 0 Å². The van der Waals surface area contributed by atoms with E-state index in [0.717, 1.165) is 10.3 Å². The SMILES string of the molecule is CCOc1ccc(OCCOC(=O)Cn2cnc3c2c(=O)n(C)c(=O)n3C)cc1. The van der Waals surface area contributed by atoms with E-state index in [2.05, 4.69) is 4.98 Å². The summed E-state index contributed by atoms with van der Waals surface area (Å²) in [5.74, 6) is 0.840. The van der Waals surface area contributed by atoms with Gasteiger partial charge in [0, 0.05) is 14.1 Å². The number of nitrogens with zero attached hydrogens (tertiary/aromatic N) is 4. The molecule has 0 N–H and O–H groups in total. The molecule has 0 amide bonds. The van der Waals surface area contributed by atoms with Crippen molar-refractivity contribution in [1.29, 1.82) is 0 Å². The number of aryl methyl sites for hydroxylation is 1. The molecule has 0 unspecified atom stereocenters. The molecule has 154 valence electrons. The van der Waals surface area contributed by atoms with Crippen molar-refractivity contribution >= 4 is 17.1 Å². The van der Waals surface area contributed by atoms with Crippen LogP contribution in [0.5, 0.6) is 11.5 Å². The molecule has 2 aromatic heterocycles. The molecule has 0 aliphatic heterocycles. The van der Waals surface area contributed by atoms with Crippen molar-refractivity contribution in [3.05, 3.63) is 51.4 Å². The summed E-state index contributed by atoms with van der Waals surface area (Å²) in [6, 6.07) is 7.13. The zero-order valence-corrected chi connectivity index (χ0v) is 16.5. The van der Waals surface area contributed by atoms with Crippen molar-refractivity contribution in [3.8, 4) is 11.5 Å². The molecule has 10 heteroatoms. The Bertz CT molecular complexity index is 1130. The molecule has 0 aliphatic rings. The second-order valence-corrected chi connectivity index (χ2v) is 6.22. The number of aromatic nitrogens is 4. The quantitative estimate of drug-likeness (QED) is 0.398. The van der Waals surface area contributed by atoms with E-state index in [1.165, 1.54) is 29.6 Å². The third-order valence-electron chi connectivity index (χ3n) is 4.27. The third kappa shape index (κ3) is 4.31. The van der Waals surface area contributed by atoms with Crippen LogP contribution in [-0.2, 0) is 30.2 Å². The fourth-order valence-electron chi connectivity index (χ4n) is 2.82. The van der Waals surface area contributed by atoms with E-state index in [4.69, 9.17) is 14.2 Å². The molecular formula is C19H22N4O6. The van der Waals surface area contributed by atoms with Gasteiger partial charge in [0.1, 0.15) is 31.3 Å². The number of carbonyl (C=O) groups excluding carboxylic acids is 1. The predicted molar refractivity (Wildman–Crippen MR) is 104 cm³/mol. The van der Waals surface area contributed by atoms with Crippen LogP contribution in [0.3, 0.4) is 0 Å². The maximum atomic E-state index is 12.4. The molecule has 0 atom stereocenters. The first-order chi connectivity index (χ1) is 13.9. The van der Waals surface area contributed by atoms with Gasteiger partial charge in [0.15, 0.2) is 11.2 Å². The van der Waals surface area contributed by atoms with E-state index in [0.29, 0.717) is 12.4 Å². The highest BCUT2D eigenvalue weighted by Gasteiger charge is 2.16. The lowest BCUT2D eigenvalue weighted by atomic mass is 10.3. The van der Waals surface area contributed by atoms with Crippen LogP contribution >= 0.6 is 0 Å². The Hall–Kier alpha value is -3.56. The topological polar surface area (TPSA) is 107 Å². The highest BCUT2D eigenvalue weighted by Crippen LogP contribution is 2.17. The Morgan fingerprint density at radius 1 is 1.00 bits per heavy atom. The summed E-state index contributed by atoms with van der Waals surface area (Å²) < 4.78 is 19.6. The van der Waals surface area contributed by atoms with Crippen molar-refractivity contribution in [3.63, 3.8) is 0 Å². The Morgan fingerprint density at radius 2 is 1.66 bits per heavy atom. The first-order valence-electron chi connectivity index (χ1n) is 9.04. The van der Waals surface area contributed by atoms with Gasteiger partial charge >= 0.3 is 11.7 Å². The number of ether oxygens (including phenoxy) is 3. The molecule has 0 radical (unpaired) electrons. The average Bonchev–Trinajstić information content (AvgIpc) is 3.13. The van der Waals surface area contributed by atoms with Crippen molar-refractivity contribution in [2.45, 2.75) is 13.5 Å². The minimum absolute atomic E-state index is 0.0508. The van der Waals surface area contributed by atoms with Gasteiger partial charge in [-0.05, 0) is 31.2 Å². The minimum Gasteiger partial charge on any atom is -0.494 e. The number of rotatable bonds is 8. The van der Waals surface area contributed by atoms with Crippen LogP contribution in [0, 0.1) is 0 Å². The molecule has 2 heterocycles. The van der Waals surface area contributed by atoms with Crippen molar-refractivity contribution in [2.75, 3.05) is 19.8 Å². The minimum atomic E-state index is -0.546. The lowest BCUT2D eigenvalue weighted by molar-refractivity contribution is -0.145. The highest BCUT2D eigenvalue weighted by molar-refractivity contribution is 5.75. The Labute approximate surface area is 165 Å². The van der Waals surface area contributed by atoms with Gasteiger partial charge in [-0.1, -0.05) is 0 Å². The second kappa shape index (κ2) is 8.63. The summed E-state index contributed by atoms with van der Waals surface area (Å²) in [5.41, 5.74) is -0.629. The molecule has 0 aliphatic carbocycles. The number of imidazole rings is 1. The van der Waals surface area contributed by atoms with Gasteiger partial charge < -0.3 is 18.8 Å². The Kier molecular flexibility index (Phi) is 6.01. The third-order valence-corrected chi connectivity index (χ3v) is 4.27. The molecule has 1 aromatic carbocycles. The summed E-state index contributed by atoms with van der Waals surface area (Å²) in [6.45, 7) is 2.53. The van der Waals surface area contributed by atoms with Crippen LogP contribution in [0.2, 0.25) is 0 Å². The van der Waals surface area contributed by atoms with Gasteiger partial charge in [-0.25, -0.2) is 9.78 Å². The van der Waals surface area contributed by atoms with E-state index < -0.39 is 17.2 Å². The lowest BCUT2D eigenvalue weighted by Gasteiger charge is -2.09. The lowest BCUT2D eigenvalue weighted by Crippen LogP contribution is -2.37. The molecule has 0 spiro atoms. The number of fused-ring (bicyclic) bond motifs is 1. The average molecular weight is 402 g/mol. The zero-order chi connectivity index (χ0) is 21.0. The Morgan fingerprint density at radius 3 is 2.31 bits per heavy atom. The van der Waals surface area contributed by atoms with Gasteiger partial charge in [-0.15, -0.1) is 0 Å². The molecule has 3 aromatic rings. The molecule has 10 nitrogen and oxygen atoms in total. The van der Waals surface area contributed by atoms with Crippen LogP contribution in [0.4, 0.5) is 0 Å². The second-order valence-electron chi connectivity index (χ2n) is 6.22. The number of hydrogen-bond acceptors (Lipinski definition) is 7. The standard InChI is InChI=1S/C19H22N4O6/c1-4-27-13-5-7-14(8-6-13)28-9-10-29-15(24)11-23-12-20-17-16(23)18(25)22(3)19(26)21(17)2/h5-8,12H,4,9-11H2,1-3H3. The summed E-state index contributed by atoms with van der Waals surface area (Å²) in [4.78, 5) is 40.5. The van der Waals surface area contributed by atoms with Crippen LogP contribution < -0.4 is 20.7 Å². The number of carbonyl (C=O) groups is 1. The van der Waals surface area contributed by atoms with Gasteiger partial charge in [0.2, 0.25) is 0 Å². The van der Waals surface area contributed by atoms with E-state index in [1.807, 2.05) is 6.92 Å². The number of esters is 1. The van der Waals surface area contributed by atoms with E-state index in [9.17, 15) is 14.4 Å². The first kappa shape index (κ1) is 20.2. The van der Waals surface area contributed by atoms with Gasteiger partial charge in [0.05, 0.1) is 12.9 Å². The van der Waals surface area contributed by atoms with Gasteiger partial charge in [0.25, 0.3) is 5.56 Å². The van der Waals surface area contributed by atoms with Crippen molar-refractivity contribution in [1.82, 2.24) is 18.7 Å². The smallest absolute Gasteiger partial charge is 0.332 e. The Balaban J connectivity index is 1.56. The van der Waals surface area contributed by atoms with E-state index in [1.54, 1.807) is 24.3 Å².